The topological polar surface area (TPSA) is 70.7 Å². The molecule has 1 fully saturated rings. The number of likely N-dealkylation sites (tertiary alicyclic amines) is 1. The summed E-state index contributed by atoms with van der Waals surface area (Å²) in [5.74, 6) is 0.421. The van der Waals surface area contributed by atoms with Crippen LogP contribution in [0.2, 0.25) is 5.02 Å². The van der Waals surface area contributed by atoms with Crippen molar-refractivity contribution in [3.05, 3.63) is 29.3 Å². The second-order valence-electron chi connectivity index (χ2n) is 6.60. The fraction of sp³-hybridized carbons (Fsp3) is 0.579. The molecule has 1 aromatic carbocycles. The number of nitrogens with one attached hydrogen (secondary N) is 2. The van der Waals surface area contributed by atoms with Crippen molar-refractivity contribution in [2.45, 2.75) is 45.3 Å². The van der Waals surface area contributed by atoms with E-state index in [9.17, 15) is 9.59 Å². The van der Waals surface area contributed by atoms with Crippen LogP contribution >= 0.6 is 11.6 Å². The molecule has 0 radical (unpaired) electrons. The maximum Gasteiger partial charge on any atom is 0.260 e. The maximum absolute atomic E-state index is 12.3. The molecule has 6 nitrogen and oxygen atoms in total. The minimum atomic E-state index is -0.618. The zero-order valence-corrected chi connectivity index (χ0v) is 16.2. The minimum Gasteiger partial charge on any atom is -0.479 e. The number of ether oxygens (including phenoxy) is 1. The average Bonchev–Trinajstić information content (AvgIpc) is 2.63. The Hall–Kier alpha value is -1.79. The van der Waals surface area contributed by atoms with Crippen molar-refractivity contribution in [3.8, 4) is 5.75 Å². The number of piperidine rings is 1. The summed E-state index contributed by atoms with van der Waals surface area (Å²) in [6, 6.07) is 7.21. The number of nitrogens with zero attached hydrogens (tertiary/aromatic N) is 1. The van der Waals surface area contributed by atoms with E-state index in [0.29, 0.717) is 23.9 Å². The van der Waals surface area contributed by atoms with Crippen molar-refractivity contribution in [3.63, 3.8) is 0 Å². The minimum absolute atomic E-state index is 0.0658. The van der Waals surface area contributed by atoms with E-state index < -0.39 is 6.10 Å². The van der Waals surface area contributed by atoms with Gasteiger partial charge in [-0.05, 0) is 38.3 Å². The van der Waals surface area contributed by atoms with Crippen molar-refractivity contribution in [2.75, 3.05) is 26.2 Å². The summed E-state index contributed by atoms with van der Waals surface area (Å²) in [7, 11) is 0. The van der Waals surface area contributed by atoms with Gasteiger partial charge in [-0.1, -0.05) is 30.7 Å². The van der Waals surface area contributed by atoms with Crippen LogP contribution in [0.25, 0.3) is 0 Å². The number of hydrogen-bond acceptors (Lipinski definition) is 4. The molecule has 26 heavy (non-hydrogen) atoms. The molecule has 144 valence electrons. The van der Waals surface area contributed by atoms with Gasteiger partial charge < -0.3 is 15.4 Å². The number of halogens is 1. The lowest BCUT2D eigenvalue weighted by Gasteiger charge is -2.32. The number of benzene rings is 1. The highest BCUT2D eigenvalue weighted by Crippen LogP contribution is 2.24. The normalized spacial score (nSPS) is 16.7. The summed E-state index contributed by atoms with van der Waals surface area (Å²) in [4.78, 5) is 26.2. The van der Waals surface area contributed by atoms with E-state index in [-0.39, 0.29) is 17.9 Å². The number of para-hydroxylation sites is 1. The summed E-state index contributed by atoms with van der Waals surface area (Å²) in [5, 5.41) is 6.41. The number of carbonyl (C=O) groups is 2. The molecule has 0 aromatic heterocycles. The molecule has 1 heterocycles. The van der Waals surface area contributed by atoms with E-state index in [2.05, 4.69) is 15.5 Å². The van der Waals surface area contributed by atoms with E-state index in [0.717, 1.165) is 32.4 Å². The van der Waals surface area contributed by atoms with Crippen LogP contribution in [0.5, 0.6) is 5.75 Å². The number of rotatable bonds is 8. The van der Waals surface area contributed by atoms with Gasteiger partial charge in [0, 0.05) is 25.7 Å². The summed E-state index contributed by atoms with van der Waals surface area (Å²) in [6.07, 6.45) is 1.97. The van der Waals surface area contributed by atoms with Gasteiger partial charge in [0.2, 0.25) is 5.91 Å². The average molecular weight is 382 g/mol. The Bertz CT molecular complexity index is 603. The smallest absolute Gasteiger partial charge is 0.260 e. The molecule has 0 spiro atoms. The molecule has 0 saturated carbocycles. The SMILES string of the molecule is CCCNC(=O)CN1CCC(NC(=O)C(C)Oc2ccccc2Cl)CC1. The fourth-order valence-corrected chi connectivity index (χ4v) is 3.04. The second kappa shape index (κ2) is 10.4. The van der Waals surface area contributed by atoms with Gasteiger partial charge in [0.05, 0.1) is 11.6 Å². The molecule has 2 N–H and O–H groups in total. The predicted molar refractivity (Wildman–Crippen MR) is 102 cm³/mol. The van der Waals surface area contributed by atoms with Gasteiger partial charge in [-0.2, -0.15) is 0 Å². The molecule has 1 aromatic rings. The van der Waals surface area contributed by atoms with Crippen molar-refractivity contribution < 1.29 is 14.3 Å². The largest absolute Gasteiger partial charge is 0.479 e. The zero-order valence-electron chi connectivity index (χ0n) is 15.5. The Kier molecular flexibility index (Phi) is 8.19. The van der Waals surface area contributed by atoms with Gasteiger partial charge in [0.25, 0.3) is 5.91 Å². The number of carbonyl (C=O) groups excluding carboxylic acids is 2. The van der Waals surface area contributed by atoms with Crippen LogP contribution in [-0.2, 0) is 9.59 Å². The molecular formula is C19H28ClN3O3. The summed E-state index contributed by atoms with van der Waals surface area (Å²) in [5.41, 5.74) is 0. The first-order valence-corrected chi connectivity index (χ1v) is 9.58. The van der Waals surface area contributed by atoms with Gasteiger partial charge in [0.15, 0.2) is 6.10 Å². The molecule has 0 aliphatic carbocycles. The highest BCUT2D eigenvalue weighted by atomic mass is 35.5. The quantitative estimate of drug-likeness (QED) is 0.724. The second-order valence-corrected chi connectivity index (χ2v) is 7.01. The molecule has 1 saturated heterocycles. The fourth-order valence-electron chi connectivity index (χ4n) is 2.86. The highest BCUT2D eigenvalue weighted by Gasteiger charge is 2.24. The van der Waals surface area contributed by atoms with Crippen molar-refractivity contribution in [1.29, 1.82) is 0 Å². The highest BCUT2D eigenvalue weighted by molar-refractivity contribution is 6.32. The summed E-state index contributed by atoms with van der Waals surface area (Å²) in [6.45, 7) is 6.48. The van der Waals surface area contributed by atoms with Crippen LogP contribution in [0.15, 0.2) is 24.3 Å². The first-order valence-electron chi connectivity index (χ1n) is 9.20. The molecule has 2 amide bonds. The predicted octanol–water partition coefficient (Wildman–Crippen LogP) is 2.21. The van der Waals surface area contributed by atoms with Crippen LogP contribution in [0.4, 0.5) is 0 Å². The van der Waals surface area contributed by atoms with Crippen LogP contribution < -0.4 is 15.4 Å². The lowest BCUT2D eigenvalue weighted by atomic mass is 10.0. The molecule has 1 aliphatic heterocycles. The zero-order chi connectivity index (χ0) is 18.9. The Morgan fingerprint density at radius 2 is 2.00 bits per heavy atom. The Morgan fingerprint density at radius 3 is 2.65 bits per heavy atom. The van der Waals surface area contributed by atoms with Gasteiger partial charge >= 0.3 is 0 Å². The first-order chi connectivity index (χ1) is 12.5. The van der Waals surface area contributed by atoms with Crippen molar-refractivity contribution >= 4 is 23.4 Å². The van der Waals surface area contributed by atoms with Gasteiger partial charge in [-0.15, -0.1) is 0 Å². The van der Waals surface area contributed by atoms with E-state index >= 15 is 0 Å². The lowest BCUT2D eigenvalue weighted by molar-refractivity contribution is -0.128. The van der Waals surface area contributed by atoms with Crippen LogP contribution in [-0.4, -0.2) is 55.0 Å². The first kappa shape index (κ1) is 20.5. The molecular weight excluding hydrogens is 354 g/mol. The third-order valence-electron chi connectivity index (χ3n) is 4.38. The summed E-state index contributed by atoms with van der Waals surface area (Å²) < 4.78 is 5.65. The number of hydrogen-bond donors (Lipinski definition) is 2. The van der Waals surface area contributed by atoms with Crippen LogP contribution in [0.1, 0.15) is 33.1 Å². The Balaban J connectivity index is 1.72. The Morgan fingerprint density at radius 1 is 1.31 bits per heavy atom. The molecule has 2 rings (SSSR count). The van der Waals surface area contributed by atoms with Gasteiger partial charge in [-0.3, -0.25) is 14.5 Å². The van der Waals surface area contributed by atoms with E-state index in [1.807, 2.05) is 19.1 Å². The lowest BCUT2D eigenvalue weighted by Crippen LogP contribution is -2.49. The molecule has 0 bridgehead atoms. The van der Waals surface area contributed by atoms with Crippen LogP contribution in [0.3, 0.4) is 0 Å². The van der Waals surface area contributed by atoms with Crippen LogP contribution in [0, 0.1) is 0 Å². The number of amides is 2. The monoisotopic (exact) mass is 381 g/mol. The van der Waals surface area contributed by atoms with E-state index in [1.54, 1.807) is 19.1 Å². The molecule has 7 heteroatoms. The Labute approximate surface area is 160 Å². The molecule has 1 aliphatic rings. The third-order valence-corrected chi connectivity index (χ3v) is 4.70. The van der Waals surface area contributed by atoms with Crippen molar-refractivity contribution in [1.82, 2.24) is 15.5 Å². The molecule has 1 atom stereocenters. The van der Waals surface area contributed by atoms with Gasteiger partial charge in [0.1, 0.15) is 5.75 Å². The maximum atomic E-state index is 12.3. The standard InChI is InChI=1S/C19H28ClN3O3/c1-3-10-21-18(24)13-23-11-8-15(9-12-23)22-19(25)14(2)26-17-7-5-4-6-16(17)20/h4-7,14-15H,3,8-13H2,1-2H3,(H,21,24)(H,22,25). The summed E-state index contributed by atoms with van der Waals surface area (Å²) >= 11 is 6.06. The van der Waals surface area contributed by atoms with E-state index in [4.69, 9.17) is 16.3 Å². The van der Waals surface area contributed by atoms with E-state index in [1.165, 1.54) is 0 Å². The van der Waals surface area contributed by atoms with Crippen molar-refractivity contribution in [2.24, 2.45) is 0 Å². The molecule has 1 unspecified atom stereocenters. The van der Waals surface area contributed by atoms with Gasteiger partial charge in [-0.25, -0.2) is 0 Å². The third kappa shape index (κ3) is 6.50.